The van der Waals surface area contributed by atoms with Crippen LogP contribution in [0.1, 0.15) is 22.2 Å². The Labute approximate surface area is 163 Å². The van der Waals surface area contributed by atoms with E-state index < -0.39 is 10.0 Å². The van der Waals surface area contributed by atoms with Gasteiger partial charge in [-0.05, 0) is 19.2 Å². The minimum Gasteiger partial charge on any atom is -0.378 e. The van der Waals surface area contributed by atoms with Gasteiger partial charge < -0.3 is 9.64 Å². The van der Waals surface area contributed by atoms with Crippen molar-refractivity contribution in [2.75, 3.05) is 59.2 Å². The monoisotopic (exact) mass is 408 g/mol. The lowest BCUT2D eigenvalue weighted by Gasteiger charge is -2.37. The third-order valence-corrected chi connectivity index (χ3v) is 6.62. The summed E-state index contributed by atoms with van der Waals surface area (Å²) in [5.41, 5.74) is 1.17. The third kappa shape index (κ3) is 3.62. The average Bonchev–Trinajstić information content (AvgIpc) is 3.10. The van der Waals surface area contributed by atoms with Gasteiger partial charge in [0.05, 0.1) is 31.1 Å². The molecule has 0 radical (unpaired) electrons. The van der Waals surface area contributed by atoms with Gasteiger partial charge in [-0.25, -0.2) is 8.42 Å². The molecule has 2 aromatic heterocycles. The van der Waals surface area contributed by atoms with Gasteiger partial charge in [0.1, 0.15) is 0 Å². The summed E-state index contributed by atoms with van der Waals surface area (Å²) in [6, 6.07) is 3.27. The minimum atomic E-state index is -3.29. The Morgan fingerprint density at radius 1 is 1.14 bits per heavy atom. The van der Waals surface area contributed by atoms with Crippen LogP contribution in [0.25, 0.3) is 5.65 Å². The Morgan fingerprint density at radius 3 is 2.61 bits per heavy atom. The lowest BCUT2D eigenvalue weighted by atomic mass is 10.2. The first-order valence-electron chi connectivity index (χ1n) is 9.21. The number of carbonyl (C=O) groups is 1. The summed E-state index contributed by atoms with van der Waals surface area (Å²) in [7, 11) is -1.35. The minimum absolute atomic E-state index is 0.0559. The van der Waals surface area contributed by atoms with Gasteiger partial charge in [0.25, 0.3) is 5.91 Å². The number of morpholine rings is 1. The molecule has 28 heavy (non-hydrogen) atoms. The van der Waals surface area contributed by atoms with Crippen molar-refractivity contribution in [2.24, 2.45) is 0 Å². The highest BCUT2D eigenvalue weighted by Gasteiger charge is 2.33. The summed E-state index contributed by atoms with van der Waals surface area (Å²) >= 11 is 0. The maximum Gasteiger partial charge on any atom is 0.255 e. The Bertz CT molecular complexity index is 985. The van der Waals surface area contributed by atoms with Gasteiger partial charge >= 0.3 is 0 Å². The maximum atomic E-state index is 12.8. The van der Waals surface area contributed by atoms with E-state index >= 15 is 0 Å². The third-order valence-electron chi connectivity index (χ3n) is 5.35. The molecule has 11 heteroatoms. The highest BCUT2D eigenvalue weighted by atomic mass is 32.2. The van der Waals surface area contributed by atoms with Gasteiger partial charge in [-0.15, -0.1) is 10.2 Å². The van der Waals surface area contributed by atoms with E-state index in [0.29, 0.717) is 63.0 Å². The Morgan fingerprint density at radius 2 is 1.89 bits per heavy atom. The van der Waals surface area contributed by atoms with Crippen molar-refractivity contribution in [1.82, 2.24) is 28.7 Å². The number of rotatable bonds is 3. The molecule has 2 fully saturated rings. The second-order valence-corrected chi connectivity index (χ2v) is 9.21. The average molecular weight is 408 g/mol. The van der Waals surface area contributed by atoms with E-state index in [2.05, 4.69) is 15.1 Å². The fraction of sp³-hybridized carbons (Fsp3) is 0.588. The van der Waals surface area contributed by atoms with Crippen LogP contribution < -0.4 is 0 Å². The fourth-order valence-corrected chi connectivity index (χ4v) is 4.47. The number of fused-ring (bicyclic) bond motifs is 1. The Kier molecular flexibility index (Phi) is 5.08. The van der Waals surface area contributed by atoms with Gasteiger partial charge in [-0.3, -0.25) is 14.1 Å². The van der Waals surface area contributed by atoms with Crippen LogP contribution in [-0.2, 0) is 14.8 Å². The van der Waals surface area contributed by atoms with Crippen LogP contribution >= 0.6 is 0 Å². The molecule has 0 saturated carbocycles. The summed E-state index contributed by atoms with van der Waals surface area (Å²) in [5, 5.41) is 8.51. The summed E-state index contributed by atoms with van der Waals surface area (Å²) in [6.07, 6.45) is 2.96. The summed E-state index contributed by atoms with van der Waals surface area (Å²) in [5.74, 6) is 0.571. The van der Waals surface area contributed by atoms with E-state index in [4.69, 9.17) is 4.74 Å². The van der Waals surface area contributed by atoms with E-state index in [-0.39, 0.29) is 11.9 Å². The van der Waals surface area contributed by atoms with E-state index in [1.54, 1.807) is 27.6 Å². The number of amides is 1. The SMILES string of the molecule is CN1CCN(S(C)(=O)=O)C[C@@H]1c1nnc2ccc(C(=O)N3CCOCC3)cn12. The van der Waals surface area contributed by atoms with Crippen molar-refractivity contribution >= 4 is 21.6 Å². The lowest BCUT2D eigenvalue weighted by molar-refractivity contribution is 0.0302. The first-order valence-corrected chi connectivity index (χ1v) is 11.1. The highest BCUT2D eigenvalue weighted by Crippen LogP contribution is 2.25. The van der Waals surface area contributed by atoms with Crippen LogP contribution in [0.15, 0.2) is 18.3 Å². The molecular weight excluding hydrogens is 384 g/mol. The van der Waals surface area contributed by atoms with Gasteiger partial charge in [0.2, 0.25) is 10.0 Å². The van der Waals surface area contributed by atoms with Gasteiger partial charge in [-0.1, -0.05) is 0 Å². The van der Waals surface area contributed by atoms with Crippen LogP contribution in [0.2, 0.25) is 0 Å². The number of hydrogen-bond donors (Lipinski definition) is 0. The molecule has 10 nitrogen and oxygen atoms in total. The largest absolute Gasteiger partial charge is 0.378 e. The Balaban J connectivity index is 1.66. The highest BCUT2D eigenvalue weighted by molar-refractivity contribution is 7.88. The van der Waals surface area contributed by atoms with Crippen molar-refractivity contribution in [3.8, 4) is 0 Å². The second kappa shape index (κ2) is 7.39. The predicted molar refractivity (Wildman–Crippen MR) is 101 cm³/mol. The van der Waals surface area contributed by atoms with Crippen molar-refractivity contribution in [3.63, 3.8) is 0 Å². The number of sulfonamides is 1. The molecule has 0 N–H and O–H groups in total. The molecular formula is C17H24N6O4S. The van der Waals surface area contributed by atoms with Crippen molar-refractivity contribution in [1.29, 1.82) is 0 Å². The number of nitrogens with zero attached hydrogens (tertiary/aromatic N) is 6. The van der Waals surface area contributed by atoms with Crippen LogP contribution in [0.3, 0.4) is 0 Å². The maximum absolute atomic E-state index is 12.8. The summed E-state index contributed by atoms with van der Waals surface area (Å²) in [4.78, 5) is 16.7. The van der Waals surface area contributed by atoms with Crippen LogP contribution in [0.5, 0.6) is 0 Å². The number of piperazine rings is 1. The quantitative estimate of drug-likeness (QED) is 0.672. The fourth-order valence-electron chi connectivity index (χ4n) is 3.64. The zero-order chi connectivity index (χ0) is 19.9. The van der Waals surface area contributed by atoms with Crippen LogP contribution in [0, 0.1) is 0 Å². The molecule has 4 heterocycles. The number of likely N-dealkylation sites (N-methyl/N-ethyl adjacent to an activating group) is 1. The van der Waals surface area contributed by atoms with Gasteiger partial charge in [0, 0.05) is 38.9 Å². The summed E-state index contributed by atoms with van der Waals surface area (Å²) < 4.78 is 32.6. The number of carbonyl (C=O) groups excluding carboxylic acids is 1. The predicted octanol–water partition coefficient (Wildman–Crippen LogP) is -0.550. The molecule has 0 aliphatic carbocycles. The standard InChI is InChI=1S/C17H24N6O4S/c1-20-5-6-22(28(2,25)26)12-14(20)16-19-18-15-4-3-13(11-23(15)16)17(24)21-7-9-27-10-8-21/h3-4,11,14H,5-10,12H2,1-2H3/t14-/m1/s1. The molecule has 1 atom stereocenters. The molecule has 0 bridgehead atoms. The van der Waals surface area contributed by atoms with E-state index in [9.17, 15) is 13.2 Å². The number of hydrogen-bond acceptors (Lipinski definition) is 7. The second-order valence-electron chi connectivity index (χ2n) is 7.23. The first-order chi connectivity index (χ1) is 13.3. The normalized spacial score (nSPS) is 22.6. The first kappa shape index (κ1) is 19.2. The van der Waals surface area contributed by atoms with Crippen molar-refractivity contribution < 1.29 is 17.9 Å². The molecule has 1 amide bonds. The molecule has 4 rings (SSSR count). The number of aromatic nitrogens is 3. The topological polar surface area (TPSA) is 100 Å². The van der Waals surface area contributed by atoms with Gasteiger partial charge in [0.15, 0.2) is 11.5 Å². The van der Waals surface area contributed by atoms with E-state index in [0.717, 1.165) is 0 Å². The van der Waals surface area contributed by atoms with Gasteiger partial charge in [-0.2, -0.15) is 4.31 Å². The Hall–Kier alpha value is -2.08. The van der Waals surface area contributed by atoms with Crippen LogP contribution in [0.4, 0.5) is 0 Å². The number of ether oxygens (including phenoxy) is 1. The van der Waals surface area contributed by atoms with Crippen molar-refractivity contribution in [2.45, 2.75) is 6.04 Å². The molecule has 0 unspecified atom stereocenters. The zero-order valence-electron chi connectivity index (χ0n) is 16.0. The zero-order valence-corrected chi connectivity index (χ0v) is 16.8. The summed E-state index contributed by atoms with van der Waals surface area (Å²) in [6.45, 7) is 3.57. The number of pyridine rings is 1. The molecule has 2 aliphatic heterocycles. The molecule has 2 saturated heterocycles. The van der Waals surface area contributed by atoms with Crippen molar-refractivity contribution in [3.05, 3.63) is 29.7 Å². The van der Waals surface area contributed by atoms with E-state index in [1.165, 1.54) is 10.6 Å². The molecule has 2 aliphatic rings. The smallest absolute Gasteiger partial charge is 0.255 e. The molecule has 0 spiro atoms. The van der Waals surface area contributed by atoms with E-state index in [1.807, 2.05) is 7.05 Å². The molecule has 152 valence electrons. The molecule has 2 aromatic rings. The lowest BCUT2D eigenvalue weighted by Crippen LogP contribution is -2.49. The van der Waals surface area contributed by atoms with Crippen LogP contribution in [-0.4, -0.2) is 102 Å². The molecule has 0 aromatic carbocycles.